The van der Waals surface area contributed by atoms with E-state index in [0.717, 1.165) is 32.4 Å². The molecule has 1 aliphatic heterocycles. The van der Waals surface area contributed by atoms with Gasteiger partial charge in [-0.25, -0.2) is 0 Å². The van der Waals surface area contributed by atoms with Crippen LogP contribution in [0.1, 0.15) is 40.0 Å². The molecule has 1 heterocycles. The molecule has 0 bridgehead atoms. The number of ether oxygens (including phenoxy) is 1. The lowest BCUT2D eigenvalue weighted by Crippen LogP contribution is -2.44. The second kappa shape index (κ2) is 7.10. The fourth-order valence-corrected chi connectivity index (χ4v) is 2.30. The summed E-state index contributed by atoms with van der Waals surface area (Å²) >= 11 is 0. The van der Waals surface area contributed by atoms with E-state index in [2.05, 4.69) is 11.8 Å². The third-order valence-corrected chi connectivity index (χ3v) is 3.93. The van der Waals surface area contributed by atoms with Crippen LogP contribution in [0.25, 0.3) is 0 Å². The maximum atomic E-state index is 11.6. The van der Waals surface area contributed by atoms with Gasteiger partial charge in [0.25, 0.3) is 0 Å². The van der Waals surface area contributed by atoms with Crippen LogP contribution >= 0.6 is 0 Å². The highest BCUT2D eigenvalue weighted by atomic mass is 16.5. The number of piperidine rings is 1. The molecule has 0 spiro atoms. The van der Waals surface area contributed by atoms with E-state index in [1.807, 2.05) is 13.8 Å². The lowest BCUT2D eigenvalue weighted by atomic mass is 9.77. The first-order chi connectivity index (χ1) is 8.51. The number of aliphatic hydroxyl groups is 1. The predicted octanol–water partition coefficient (Wildman–Crippen LogP) is 1.67. The number of carbonyl (C=O) groups excluding carboxylic acids is 1. The van der Waals surface area contributed by atoms with Crippen LogP contribution in [0, 0.1) is 11.3 Å². The van der Waals surface area contributed by atoms with Crippen molar-refractivity contribution < 1.29 is 14.6 Å². The molecule has 0 aromatic carbocycles. The fourth-order valence-electron chi connectivity index (χ4n) is 2.30. The first kappa shape index (κ1) is 15.4. The van der Waals surface area contributed by atoms with Crippen LogP contribution in [-0.4, -0.2) is 48.8 Å². The Kier molecular flexibility index (Phi) is 6.09. The van der Waals surface area contributed by atoms with Crippen molar-refractivity contribution in [3.05, 3.63) is 0 Å². The van der Waals surface area contributed by atoms with E-state index in [4.69, 9.17) is 4.74 Å². The molecule has 0 saturated carbocycles. The monoisotopic (exact) mass is 257 g/mol. The number of esters is 1. The average molecular weight is 257 g/mol. The van der Waals surface area contributed by atoms with Crippen molar-refractivity contribution in [2.75, 3.05) is 32.8 Å². The molecule has 1 fully saturated rings. The van der Waals surface area contributed by atoms with Gasteiger partial charge in [0.15, 0.2) is 0 Å². The van der Waals surface area contributed by atoms with Gasteiger partial charge in [-0.1, -0.05) is 20.8 Å². The van der Waals surface area contributed by atoms with Crippen LogP contribution in [0.4, 0.5) is 0 Å². The van der Waals surface area contributed by atoms with Gasteiger partial charge in [-0.15, -0.1) is 0 Å². The molecule has 0 aliphatic carbocycles. The summed E-state index contributed by atoms with van der Waals surface area (Å²) in [6.07, 6.45) is 2.95. The Labute approximate surface area is 110 Å². The second-order valence-corrected chi connectivity index (χ2v) is 5.86. The number of rotatable bonds is 6. The van der Waals surface area contributed by atoms with Gasteiger partial charge < -0.3 is 9.84 Å². The molecule has 0 unspecified atom stereocenters. The van der Waals surface area contributed by atoms with E-state index >= 15 is 0 Å². The Morgan fingerprint density at radius 1 is 1.39 bits per heavy atom. The van der Waals surface area contributed by atoms with Gasteiger partial charge in [-0.2, -0.15) is 0 Å². The second-order valence-electron chi connectivity index (χ2n) is 5.86. The Hall–Kier alpha value is -0.610. The first-order valence-corrected chi connectivity index (χ1v) is 7.00. The summed E-state index contributed by atoms with van der Waals surface area (Å²) in [5, 5.41) is 9.44. The molecular formula is C14H27NO3. The van der Waals surface area contributed by atoms with Crippen molar-refractivity contribution in [1.29, 1.82) is 0 Å². The minimum absolute atomic E-state index is 0.0817. The summed E-state index contributed by atoms with van der Waals surface area (Å²) in [5.74, 6) is 0.258. The summed E-state index contributed by atoms with van der Waals surface area (Å²) in [5.41, 5.74) is 0.0817. The molecule has 1 N–H and O–H groups in total. The smallest absolute Gasteiger partial charge is 0.320 e. The predicted molar refractivity (Wildman–Crippen MR) is 71.3 cm³/mol. The summed E-state index contributed by atoms with van der Waals surface area (Å²) in [7, 11) is 0. The number of nitrogens with zero attached hydrogens (tertiary/aromatic N) is 1. The lowest BCUT2D eigenvalue weighted by molar-refractivity contribution is -0.146. The molecular weight excluding hydrogens is 230 g/mol. The van der Waals surface area contributed by atoms with Crippen LogP contribution in [0.3, 0.4) is 0 Å². The molecule has 1 aliphatic rings. The van der Waals surface area contributed by atoms with Gasteiger partial charge in [0.05, 0.1) is 13.2 Å². The Bertz CT molecular complexity index is 252. The third-order valence-electron chi connectivity index (χ3n) is 3.93. The van der Waals surface area contributed by atoms with Gasteiger partial charge in [0.2, 0.25) is 0 Å². The molecule has 0 aromatic rings. The average Bonchev–Trinajstić information content (AvgIpc) is 2.38. The molecule has 0 radical (unpaired) electrons. The Morgan fingerprint density at radius 3 is 2.44 bits per heavy atom. The number of hydrogen-bond acceptors (Lipinski definition) is 4. The van der Waals surface area contributed by atoms with Gasteiger partial charge in [0, 0.05) is 6.61 Å². The molecule has 18 heavy (non-hydrogen) atoms. The maximum absolute atomic E-state index is 11.6. The van der Waals surface area contributed by atoms with E-state index in [-0.39, 0.29) is 18.0 Å². The number of aliphatic hydroxyl groups excluding tert-OH is 1. The van der Waals surface area contributed by atoms with Crippen LogP contribution < -0.4 is 0 Å². The summed E-state index contributed by atoms with van der Waals surface area (Å²) in [6.45, 7) is 9.10. The topological polar surface area (TPSA) is 49.8 Å². The summed E-state index contributed by atoms with van der Waals surface area (Å²) in [4.78, 5) is 13.7. The van der Waals surface area contributed by atoms with Crippen molar-refractivity contribution in [2.45, 2.75) is 40.0 Å². The molecule has 4 heteroatoms. The molecule has 0 aromatic heterocycles. The van der Waals surface area contributed by atoms with Crippen LogP contribution in [0.5, 0.6) is 0 Å². The number of likely N-dealkylation sites (tertiary alicyclic amines) is 1. The van der Waals surface area contributed by atoms with Gasteiger partial charge in [0.1, 0.15) is 0 Å². The number of carbonyl (C=O) groups is 1. The lowest BCUT2D eigenvalue weighted by Gasteiger charge is -2.39. The zero-order valence-electron chi connectivity index (χ0n) is 11.9. The largest absolute Gasteiger partial charge is 0.464 e. The molecule has 0 atom stereocenters. The van der Waals surface area contributed by atoms with E-state index in [0.29, 0.717) is 19.1 Å². The SMILES string of the molecule is CCC1(CO)CCN(CC(=O)OCC(C)C)CC1. The molecule has 4 nitrogen and oxygen atoms in total. The minimum atomic E-state index is -0.128. The minimum Gasteiger partial charge on any atom is -0.464 e. The van der Waals surface area contributed by atoms with Crippen molar-refractivity contribution in [2.24, 2.45) is 11.3 Å². The molecule has 1 saturated heterocycles. The summed E-state index contributed by atoms with van der Waals surface area (Å²) in [6, 6.07) is 0. The molecule has 0 amide bonds. The zero-order chi connectivity index (χ0) is 13.6. The fraction of sp³-hybridized carbons (Fsp3) is 0.929. The standard InChI is InChI=1S/C14H27NO3/c1-4-14(11-16)5-7-15(8-6-14)9-13(17)18-10-12(2)3/h12,16H,4-11H2,1-3H3. The Morgan fingerprint density at radius 2 is 2.00 bits per heavy atom. The van der Waals surface area contributed by atoms with Crippen molar-refractivity contribution in [3.63, 3.8) is 0 Å². The third kappa shape index (κ3) is 4.58. The van der Waals surface area contributed by atoms with Gasteiger partial charge in [-0.3, -0.25) is 9.69 Å². The van der Waals surface area contributed by atoms with E-state index in [1.54, 1.807) is 0 Å². The van der Waals surface area contributed by atoms with Crippen molar-refractivity contribution >= 4 is 5.97 Å². The summed E-state index contributed by atoms with van der Waals surface area (Å²) < 4.78 is 5.18. The molecule has 1 rings (SSSR count). The van der Waals surface area contributed by atoms with E-state index in [1.165, 1.54) is 0 Å². The maximum Gasteiger partial charge on any atom is 0.320 e. The number of hydrogen-bond donors (Lipinski definition) is 1. The highest BCUT2D eigenvalue weighted by Crippen LogP contribution is 2.33. The van der Waals surface area contributed by atoms with Crippen LogP contribution in [0.15, 0.2) is 0 Å². The highest BCUT2D eigenvalue weighted by molar-refractivity contribution is 5.71. The normalized spacial score (nSPS) is 20.1. The van der Waals surface area contributed by atoms with Crippen molar-refractivity contribution in [1.82, 2.24) is 4.90 Å². The van der Waals surface area contributed by atoms with Crippen LogP contribution in [0.2, 0.25) is 0 Å². The quantitative estimate of drug-likeness (QED) is 0.735. The highest BCUT2D eigenvalue weighted by Gasteiger charge is 2.32. The van der Waals surface area contributed by atoms with Gasteiger partial charge in [-0.05, 0) is 43.7 Å². The van der Waals surface area contributed by atoms with Crippen LogP contribution in [-0.2, 0) is 9.53 Å². The van der Waals surface area contributed by atoms with Crippen molar-refractivity contribution in [3.8, 4) is 0 Å². The first-order valence-electron chi connectivity index (χ1n) is 7.00. The zero-order valence-corrected chi connectivity index (χ0v) is 11.9. The van der Waals surface area contributed by atoms with E-state index in [9.17, 15) is 9.90 Å². The van der Waals surface area contributed by atoms with Gasteiger partial charge >= 0.3 is 5.97 Å². The molecule has 106 valence electrons. The Balaban J connectivity index is 2.29. The van der Waals surface area contributed by atoms with E-state index < -0.39 is 0 Å².